The minimum atomic E-state index is -0.922. The van der Waals surface area contributed by atoms with Crippen molar-refractivity contribution in [2.45, 2.75) is 32.7 Å². The van der Waals surface area contributed by atoms with Gasteiger partial charge in [-0.25, -0.2) is 4.79 Å². The Labute approximate surface area is 117 Å². The van der Waals surface area contributed by atoms with E-state index in [2.05, 4.69) is 17.2 Å². The van der Waals surface area contributed by atoms with Gasteiger partial charge in [-0.15, -0.1) is 0 Å². The Balaban J connectivity index is 1.96. The maximum atomic E-state index is 12.1. The molecule has 0 spiro atoms. The summed E-state index contributed by atoms with van der Waals surface area (Å²) >= 11 is 0. The summed E-state index contributed by atoms with van der Waals surface area (Å²) in [4.78, 5) is 28.5. The van der Waals surface area contributed by atoms with Crippen LogP contribution in [0.4, 0.5) is 10.5 Å². The number of carboxylic acid groups (broad SMARTS) is 1. The summed E-state index contributed by atoms with van der Waals surface area (Å²) in [5, 5.41) is 11.5. The summed E-state index contributed by atoms with van der Waals surface area (Å²) in [7, 11) is 0. The fourth-order valence-corrected chi connectivity index (χ4v) is 2.54. The van der Waals surface area contributed by atoms with Crippen LogP contribution in [0, 0.1) is 5.92 Å². The second-order valence-corrected chi connectivity index (χ2v) is 5.38. The molecule has 0 radical (unpaired) electrons. The van der Waals surface area contributed by atoms with Crippen LogP contribution in [-0.2, 0) is 11.2 Å². The van der Waals surface area contributed by atoms with Crippen LogP contribution in [0.5, 0.6) is 0 Å². The molecule has 2 unspecified atom stereocenters. The molecule has 0 bridgehead atoms. The number of carboxylic acids is 1. The lowest BCUT2D eigenvalue weighted by Gasteiger charge is -2.21. The number of aliphatic carboxylic acids is 1. The van der Waals surface area contributed by atoms with Crippen molar-refractivity contribution in [2.24, 2.45) is 5.92 Å². The van der Waals surface area contributed by atoms with E-state index in [0.717, 1.165) is 13.0 Å². The predicted molar refractivity (Wildman–Crippen MR) is 74.5 cm³/mol. The van der Waals surface area contributed by atoms with Gasteiger partial charge in [-0.1, -0.05) is 6.92 Å². The summed E-state index contributed by atoms with van der Waals surface area (Å²) in [6.07, 6.45) is 2.39. The van der Waals surface area contributed by atoms with E-state index in [4.69, 9.17) is 5.11 Å². The lowest BCUT2D eigenvalue weighted by atomic mass is 10.1. The first-order valence-corrected chi connectivity index (χ1v) is 6.70. The Morgan fingerprint density at radius 3 is 2.70 bits per heavy atom. The first kappa shape index (κ1) is 14.3. The first-order valence-electron chi connectivity index (χ1n) is 6.70. The Kier molecular flexibility index (Phi) is 4.22. The van der Waals surface area contributed by atoms with Gasteiger partial charge in [0.25, 0.3) is 0 Å². The average molecular weight is 277 g/mol. The molecular weight excluding hydrogens is 258 g/mol. The molecule has 0 aromatic carbocycles. The van der Waals surface area contributed by atoms with Gasteiger partial charge < -0.3 is 15.3 Å². The largest absolute Gasteiger partial charge is 0.481 e. The molecule has 2 atom stereocenters. The molecule has 1 saturated heterocycles. The monoisotopic (exact) mass is 277 g/mol. The van der Waals surface area contributed by atoms with Gasteiger partial charge in [0.1, 0.15) is 0 Å². The number of hydrogen-bond donors (Lipinski definition) is 2. The number of likely N-dealkylation sites (tertiary alicyclic amines) is 1. The lowest BCUT2D eigenvalue weighted by Crippen LogP contribution is -2.37. The van der Waals surface area contributed by atoms with Crippen LogP contribution in [0.3, 0.4) is 0 Å². The van der Waals surface area contributed by atoms with Gasteiger partial charge in [0.2, 0.25) is 0 Å². The van der Waals surface area contributed by atoms with Gasteiger partial charge in [0, 0.05) is 12.6 Å². The summed E-state index contributed by atoms with van der Waals surface area (Å²) in [5.41, 5.74) is 1.05. The van der Waals surface area contributed by atoms with Crippen LogP contribution >= 0.6 is 0 Å². The zero-order valence-electron chi connectivity index (χ0n) is 11.7. The Morgan fingerprint density at radius 1 is 1.45 bits per heavy atom. The van der Waals surface area contributed by atoms with E-state index in [9.17, 15) is 9.59 Å². The molecule has 1 fully saturated rings. The minimum absolute atomic E-state index is 0.116. The van der Waals surface area contributed by atoms with Crippen LogP contribution < -0.4 is 5.32 Å². The number of aromatic nitrogens is 1. The number of carbonyl (C=O) groups excluding carboxylic acids is 1. The second-order valence-electron chi connectivity index (χ2n) is 5.38. The highest BCUT2D eigenvalue weighted by molar-refractivity contribution is 5.89. The Hall–Kier alpha value is -2.11. The number of nitrogens with one attached hydrogen (secondary N) is 1. The van der Waals surface area contributed by atoms with Crippen LogP contribution in [-0.4, -0.2) is 39.6 Å². The molecule has 6 nitrogen and oxygen atoms in total. The molecule has 2 heterocycles. The zero-order chi connectivity index (χ0) is 14.7. The normalized spacial score (nSPS) is 21.8. The quantitative estimate of drug-likeness (QED) is 0.885. The van der Waals surface area contributed by atoms with Crippen molar-refractivity contribution in [1.29, 1.82) is 0 Å². The van der Waals surface area contributed by atoms with Crippen LogP contribution in [0.25, 0.3) is 0 Å². The summed E-state index contributed by atoms with van der Waals surface area (Å²) in [6.45, 7) is 4.93. The molecule has 2 N–H and O–H groups in total. The predicted octanol–water partition coefficient (Wildman–Crippen LogP) is 1.97. The van der Waals surface area contributed by atoms with Gasteiger partial charge in [-0.3, -0.25) is 9.78 Å². The van der Waals surface area contributed by atoms with Gasteiger partial charge >= 0.3 is 12.0 Å². The van der Waals surface area contributed by atoms with Crippen LogP contribution in [0.1, 0.15) is 26.0 Å². The van der Waals surface area contributed by atoms with E-state index in [1.165, 1.54) is 6.20 Å². The van der Waals surface area contributed by atoms with E-state index in [0.29, 0.717) is 17.3 Å². The standard InChI is InChI=1S/C14H19N3O3/c1-9-5-10(2)17(8-9)14(20)16-12-4-3-11(15-7-12)6-13(18)19/h3-4,7,9-10H,5-6,8H2,1-2H3,(H,16,20)(H,18,19). The van der Waals surface area contributed by atoms with Gasteiger partial charge in [0.15, 0.2) is 0 Å². The maximum Gasteiger partial charge on any atom is 0.322 e. The molecule has 108 valence electrons. The molecule has 20 heavy (non-hydrogen) atoms. The Morgan fingerprint density at radius 2 is 2.20 bits per heavy atom. The molecule has 6 heteroatoms. The first-order chi connectivity index (χ1) is 9.45. The van der Waals surface area contributed by atoms with E-state index in [1.807, 2.05) is 11.8 Å². The summed E-state index contributed by atoms with van der Waals surface area (Å²) in [6, 6.07) is 3.39. The van der Waals surface area contributed by atoms with Crippen molar-refractivity contribution in [1.82, 2.24) is 9.88 Å². The number of urea groups is 1. The fourth-order valence-electron chi connectivity index (χ4n) is 2.54. The highest BCUT2D eigenvalue weighted by Crippen LogP contribution is 2.23. The van der Waals surface area contributed by atoms with E-state index < -0.39 is 5.97 Å². The Bertz CT molecular complexity index is 501. The third-order valence-electron chi connectivity index (χ3n) is 3.45. The van der Waals surface area contributed by atoms with Gasteiger partial charge in [-0.2, -0.15) is 0 Å². The molecule has 1 aromatic heterocycles. The van der Waals surface area contributed by atoms with Crippen molar-refractivity contribution in [3.05, 3.63) is 24.0 Å². The van der Waals surface area contributed by atoms with Crippen molar-refractivity contribution in [3.63, 3.8) is 0 Å². The van der Waals surface area contributed by atoms with E-state index >= 15 is 0 Å². The number of pyridine rings is 1. The lowest BCUT2D eigenvalue weighted by molar-refractivity contribution is -0.136. The van der Waals surface area contributed by atoms with E-state index in [1.54, 1.807) is 12.1 Å². The second kappa shape index (κ2) is 5.90. The molecule has 1 aliphatic heterocycles. The van der Waals surface area contributed by atoms with E-state index in [-0.39, 0.29) is 18.5 Å². The van der Waals surface area contributed by atoms with Crippen molar-refractivity contribution < 1.29 is 14.7 Å². The summed E-state index contributed by atoms with van der Waals surface area (Å²) < 4.78 is 0. The molecule has 2 amide bonds. The van der Waals surface area contributed by atoms with Crippen molar-refractivity contribution in [2.75, 3.05) is 11.9 Å². The maximum absolute atomic E-state index is 12.1. The molecule has 0 aliphatic carbocycles. The number of rotatable bonds is 3. The number of carbonyl (C=O) groups is 2. The highest BCUT2D eigenvalue weighted by atomic mass is 16.4. The third-order valence-corrected chi connectivity index (χ3v) is 3.45. The highest BCUT2D eigenvalue weighted by Gasteiger charge is 2.29. The smallest absolute Gasteiger partial charge is 0.322 e. The van der Waals surface area contributed by atoms with Gasteiger partial charge in [-0.05, 0) is 31.4 Å². The molecule has 2 rings (SSSR count). The van der Waals surface area contributed by atoms with Gasteiger partial charge in [0.05, 0.1) is 24.0 Å². The molecular formula is C14H19N3O3. The zero-order valence-corrected chi connectivity index (χ0v) is 11.7. The number of hydrogen-bond acceptors (Lipinski definition) is 3. The third kappa shape index (κ3) is 3.46. The number of amides is 2. The summed E-state index contributed by atoms with van der Waals surface area (Å²) in [5.74, 6) is -0.402. The van der Waals surface area contributed by atoms with Crippen molar-refractivity contribution in [3.8, 4) is 0 Å². The average Bonchev–Trinajstić information content (AvgIpc) is 2.70. The van der Waals surface area contributed by atoms with Crippen LogP contribution in [0.2, 0.25) is 0 Å². The molecule has 1 aliphatic rings. The number of nitrogens with zero attached hydrogens (tertiary/aromatic N) is 2. The minimum Gasteiger partial charge on any atom is -0.481 e. The fraction of sp³-hybridized carbons (Fsp3) is 0.500. The number of anilines is 1. The topological polar surface area (TPSA) is 82.5 Å². The molecule has 0 saturated carbocycles. The molecule has 1 aromatic rings. The van der Waals surface area contributed by atoms with Crippen molar-refractivity contribution >= 4 is 17.7 Å². The van der Waals surface area contributed by atoms with Crippen LogP contribution in [0.15, 0.2) is 18.3 Å². The SMILES string of the molecule is CC1CC(C)N(C(=O)Nc2ccc(CC(=O)O)nc2)C1.